The molecule has 0 radical (unpaired) electrons. The first-order valence-electron chi connectivity index (χ1n) is 9.58. The fraction of sp³-hybridized carbons (Fsp3) is 0.476. The molecule has 10 nitrogen and oxygen atoms in total. The minimum Gasteiger partial charge on any atom is -0.463 e. The van der Waals surface area contributed by atoms with Gasteiger partial charge in [0.2, 0.25) is 0 Å². The second-order valence-electron chi connectivity index (χ2n) is 6.82. The molecule has 32 heavy (non-hydrogen) atoms. The zero-order valence-electron chi connectivity index (χ0n) is 17.9. The standard InChI is InChI=1S/C21H23NO9S/c1-11(23)27-10-17-18(28-12(2)24)19(29-13(3)25)20(30-14(4)26)21(31-17)32-16-7-5-15(9-22)6-8-16/h5-8,17-21H,10H2,1-4H3/t17?,18-,19?,20?,21+/m1/s1. The van der Waals surface area contributed by atoms with Gasteiger partial charge in [0.05, 0.1) is 11.6 Å². The quantitative estimate of drug-likeness (QED) is 0.430. The lowest BCUT2D eigenvalue weighted by atomic mass is 9.99. The topological polar surface area (TPSA) is 138 Å². The molecule has 3 unspecified atom stereocenters. The molecule has 1 heterocycles. The normalized spacial score (nSPS) is 24.5. The summed E-state index contributed by atoms with van der Waals surface area (Å²) in [5.74, 6) is -2.64. The highest BCUT2D eigenvalue weighted by atomic mass is 32.2. The minimum atomic E-state index is -1.22. The van der Waals surface area contributed by atoms with E-state index in [1.54, 1.807) is 24.3 Å². The molecule has 1 fully saturated rings. The average Bonchev–Trinajstić information content (AvgIpc) is 2.70. The van der Waals surface area contributed by atoms with Gasteiger partial charge in [-0.3, -0.25) is 19.2 Å². The van der Waals surface area contributed by atoms with Crippen molar-refractivity contribution in [3.05, 3.63) is 29.8 Å². The number of carbonyl (C=O) groups is 4. The van der Waals surface area contributed by atoms with E-state index in [1.807, 2.05) is 6.07 Å². The Morgan fingerprint density at radius 1 is 0.875 bits per heavy atom. The first kappa shape index (κ1) is 25.2. The molecule has 0 aromatic heterocycles. The summed E-state index contributed by atoms with van der Waals surface area (Å²) < 4.78 is 27.2. The molecule has 1 aromatic carbocycles. The maximum Gasteiger partial charge on any atom is 0.303 e. The molecule has 5 atom stereocenters. The SMILES string of the molecule is CC(=O)OCC1O[C@@H](Sc2ccc(C#N)cc2)C(OC(C)=O)C(OC(C)=O)[C@@H]1OC(C)=O. The predicted octanol–water partition coefficient (Wildman–Crippen LogP) is 1.73. The molecule has 0 bridgehead atoms. The summed E-state index contributed by atoms with van der Waals surface area (Å²) in [4.78, 5) is 47.4. The summed E-state index contributed by atoms with van der Waals surface area (Å²) in [6.07, 6.45) is -4.56. The van der Waals surface area contributed by atoms with Crippen LogP contribution in [0, 0.1) is 11.3 Å². The maximum absolute atomic E-state index is 11.8. The zero-order valence-corrected chi connectivity index (χ0v) is 18.7. The van der Waals surface area contributed by atoms with Gasteiger partial charge in [0.25, 0.3) is 0 Å². The Morgan fingerprint density at radius 3 is 1.91 bits per heavy atom. The van der Waals surface area contributed by atoms with Gasteiger partial charge >= 0.3 is 23.9 Å². The summed E-state index contributed by atoms with van der Waals surface area (Å²) in [5.41, 5.74) is -0.459. The maximum atomic E-state index is 11.8. The van der Waals surface area contributed by atoms with Crippen molar-refractivity contribution in [2.45, 2.75) is 62.4 Å². The van der Waals surface area contributed by atoms with Crippen LogP contribution in [0.25, 0.3) is 0 Å². The van der Waals surface area contributed by atoms with Gasteiger partial charge < -0.3 is 23.7 Å². The molecule has 1 aliphatic rings. The van der Waals surface area contributed by atoms with Crippen molar-refractivity contribution < 1.29 is 42.9 Å². The Bertz CT molecular complexity index is 896. The molecular formula is C21H23NO9S. The molecule has 11 heteroatoms. The number of rotatable bonds is 7. The number of hydrogen-bond acceptors (Lipinski definition) is 11. The highest BCUT2D eigenvalue weighted by molar-refractivity contribution is 7.99. The smallest absolute Gasteiger partial charge is 0.303 e. The molecular weight excluding hydrogens is 442 g/mol. The Balaban J connectivity index is 2.43. The Morgan fingerprint density at radius 2 is 1.41 bits per heavy atom. The molecule has 1 aromatic rings. The van der Waals surface area contributed by atoms with Gasteiger partial charge in [0.15, 0.2) is 18.3 Å². The van der Waals surface area contributed by atoms with E-state index in [1.165, 1.54) is 13.8 Å². The molecule has 0 N–H and O–H groups in total. The van der Waals surface area contributed by atoms with Crippen molar-refractivity contribution in [1.29, 1.82) is 5.26 Å². The van der Waals surface area contributed by atoms with Gasteiger partial charge in [-0.1, -0.05) is 11.8 Å². The molecule has 0 amide bonds. The second-order valence-corrected chi connectivity index (χ2v) is 7.99. The fourth-order valence-electron chi connectivity index (χ4n) is 3.03. The first-order valence-corrected chi connectivity index (χ1v) is 10.5. The van der Waals surface area contributed by atoms with Crippen LogP contribution in [-0.2, 0) is 42.9 Å². The summed E-state index contributed by atoms with van der Waals surface area (Å²) in [7, 11) is 0. The Kier molecular flexibility index (Phi) is 9.04. The summed E-state index contributed by atoms with van der Waals surface area (Å²) in [6.45, 7) is 4.42. The van der Waals surface area contributed by atoms with Gasteiger partial charge in [-0.25, -0.2) is 0 Å². The third kappa shape index (κ3) is 7.25. The molecule has 172 valence electrons. The van der Waals surface area contributed by atoms with Crippen LogP contribution in [0.3, 0.4) is 0 Å². The van der Waals surface area contributed by atoms with Crippen LogP contribution < -0.4 is 0 Å². The number of ether oxygens (including phenoxy) is 5. The summed E-state index contributed by atoms with van der Waals surface area (Å²) in [6, 6.07) is 8.58. The van der Waals surface area contributed by atoms with Gasteiger partial charge in [-0.15, -0.1) is 0 Å². The van der Waals surface area contributed by atoms with Crippen molar-refractivity contribution in [1.82, 2.24) is 0 Å². The van der Waals surface area contributed by atoms with Crippen LogP contribution in [0.4, 0.5) is 0 Å². The largest absolute Gasteiger partial charge is 0.463 e. The molecule has 0 saturated carbocycles. The third-order valence-corrected chi connectivity index (χ3v) is 5.34. The lowest BCUT2D eigenvalue weighted by Gasteiger charge is -2.44. The summed E-state index contributed by atoms with van der Waals surface area (Å²) in [5, 5.41) is 8.98. The lowest BCUT2D eigenvalue weighted by molar-refractivity contribution is -0.237. The highest BCUT2D eigenvalue weighted by Crippen LogP contribution is 2.37. The third-order valence-electron chi connectivity index (χ3n) is 4.18. The van der Waals surface area contributed by atoms with E-state index in [2.05, 4.69) is 0 Å². The van der Waals surface area contributed by atoms with E-state index in [0.717, 1.165) is 25.6 Å². The zero-order chi connectivity index (χ0) is 23.8. The molecule has 1 saturated heterocycles. The van der Waals surface area contributed by atoms with Crippen LogP contribution >= 0.6 is 11.8 Å². The number of benzene rings is 1. The number of hydrogen-bond donors (Lipinski definition) is 0. The number of nitrogens with zero attached hydrogens (tertiary/aromatic N) is 1. The monoisotopic (exact) mass is 465 g/mol. The Hall–Kier alpha value is -3.10. The molecule has 2 rings (SSSR count). The average molecular weight is 465 g/mol. The van der Waals surface area contributed by atoms with Crippen LogP contribution in [-0.4, -0.2) is 60.3 Å². The summed E-state index contributed by atoms with van der Waals surface area (Å²) >= 11 is 1.14. The van der Waals surface area contributed by atoms with Crippen LogP contribution in [0.5, 0.6) is 0 Å². The molecule has 0 aliphatic carbocycles. The van der Waals surface area contributed by atoms with Crippen molar-refractivity contribution in [2.75, 3.05) is 6.61 Å². The van der Waals surface area contributed by atoms with Crippen molar-refractivity contribution in [2.24, 2.45) is 0 Å². The van der Waals surface area contributed by atoms with E-state index in [4.69, 9.17) is 28.9 Å². The van der Waals surface area contributed by atoms with Crippen LogP contribution in [0.2, 0.25) is 0 Å². The van der Waals surface area contributed by atoms with Gasteiger partial charge in [0, 0.05) is 32.6 Å². The fourth-order valence-corrected chi connectivity index (χ4v) is 4.13. The lowest BCUT2D eigenvalue weighted by Crippen LogP contribution is -2.61. The van der Waals surface area contributed by atoms with Gasteiger partial charge in [-0.2, -0.15) is 5.26 Å². The van der Waals surface area contributed by atoms with Gasteiger partial charge in [-0.05, 0) is 24.3 Å². The predicted molar refractivity (Wildman–Crippen MR) is 109 cm³/mol. The first-order chi connectivity index (χ1) is 15.1. The van der Waals surface area contributed by atoms with Crippen molar-refractivity contribution in [3.63, 3.8) is 0 Å². The number of carbonyl (C=O) groups excluding carboxylic acids is 4. The second kappa shape index (κ2) is 11.5. The number of esters is 4. The van der Waals surface area contributed by atoms with Crippen molar-refractivity contribution in [3.8, 4) is 6.07 Å². The highest BCUT2D eigenvalue weighted by Gasteiger charge is 2.52. The molecule has 0 spiro atoms. The van der Waals surface area contributed by atoms with E-state index in [9.17, 15) is 19.2 Å². The van der Waals surface area contributed by atoms with E-state index >= 15 is 0 Å². The minimum absolute atomic E-state index is 0.289. The van der Waals surface area contributed by atoms with Crippen LogP contribution in [0.1, 0.15) is 33.3 Å². The number of nitriles is 1. The Labute approximate surface area is 189 Å². The van der Waals surface area contributed by atoms with E-state index < -0.39 is 53.7 Å². The van der Waals surface area contributed by atoms with Crippen molar-refractivity contribution >= 4 is 35.6 Å². The van der Waals surface area contributed by atoms with E-state index in [-0.39, 0.29) is 6.61 Å². The number of thioether (sulfide) groups is 1. The molecule has 1 aliphatic heterocycles. The van der Waals surface area contributed by atoms with Crippen LogP contribution in [0.15, 0.2) is 29.2 Å². The van der Waals surface area contributed by atoms with Gasteiger partial charge in [0.1, 0.15) is 18.1 Å². The van der Waals surface area contributed by atoms with E-state index in [0.29, 0.717) is 10.5 Å².